The van der Waals surface area contributed by atoms with Crippen molar-refractivity contribution in [2.75, 3.05) is 11.1 Å². The van der Waals surface area contributed by atoms with E-state index in [1.807, 2.05) is 0 Å². The van der Waals surface area contributed by atoms with Crippen LogP contribution in [0.25, 0.3) is 0 Å². The third-order valence-corrected chi connectivity index (χ3v) is 2.70. The molecule has 90 valence electrons. The summed E-state index contributed by atoms with van der Waals surface area (Å²) in [5.41, 5.74) is 6.43. The minimum absolute atomic E-state index is 0.0679. The Morgan fingerprint density at radius 2 is 2.22 bits per heavy atom. The topological polar surface area (TPSA) is 74.7 Å². The number of hydrogen-bond acceptors (Lipinski definition) is 4. The quantitative estimate of drug-likeness (QED) is 0.893. The molecule has 0 amide bonds. The standard InChI is InChI=1S/C12H8BrFN4/c13-7-4-10(16)12(17-6-7)18-11-3-1-2-9(14)8(11)5-15/h1-4,6H,16H2,(H,17,18). The number of nitrogens with zero attached hydrogens (tertiary/aromatic N) is 2. The van der Waals surface area contributed by atoms with Gasteiger partial charge in [-0.15, -0.1) is 0 Å². The second-order valence-corrected chi connectivity index (χ2v) is 4.41. The highest BCUT2D eigenvalue weighted by Gasteiger charge is 2.09. The summed E-state index contributed by atoms with van der Waals surface area (Å²) in [6.07, 6.45) is 1.56. The van der Waals surface area contributed by atoms with E-state index in [1.165, 1.54) is 12.1 Å². The van der Waals surface area contributed by atoms with Crippen LogP contribution in [-0.2, 0) is 0 Å². The van der Waals surface area contributed by atoms with E-state index in [0.29, 0.717) is 17.2 Å². The van der Waals surface area contributed by atoms with Crippen molar-refractivity contribution in [2.24, 2.45) is 0 Å². The first-order valence-corrected chi connectivity index (χ1v) is 5.78. The van der Waals surface area contributed by atoms with E-state index < -0.39 is 5.82 Å². The summed E-state index contributed by atoms with van der Waals surface area (Å²) in [7, 11) is 0. The molecule has 1 aromatic heterocycles. The molecule has 0 aliphatic rings. The summed E-state index contributed by atoms with van der Waals surface area (Å²) < 4.78 is 14.1. The van der Waals surface area contributed by atoms with Gasteiger partial charge < -0.3 is 11.1 Å². The Morgan fingerprint density at radius 1 is 1.44 bits per heavy atom. The fourth-order valence-electron chi connectivity index (χ4n) is 1.43. The summed E-state index contributed by atoms with van der Waals surface area (Å²) in [5.74, 6) is -0.210. The predicted octanol–water partition coefficient (Wildman–Crippen LogP) is 3.18. The Labute approximate surface area is 111 Å². The zero-order valence-corrected chi connectivity index (χ0v) is 10.7. The summed E-state index contributed by atoms with van der Waals surface area (Å²) in [5, 5.41) is 11.7. The van der Waals surface area contributed by atoms with E-state index in [1.54, 1.807) is 24.4 Å². The molecule has 2 aromatic rings. The molecule has 0 fully saturated rings. The molecule has 0 aliphatic heterocycles. The van der Waals surface area contributed by atoms with Crippen molar-refractivity contribution in [3.05, 3.63) is 46.3 Å². The Hall–Kier alpha value is -2.13. The average molecular weight is 307 g/mol. The fourth-order valence-corrected chi connectivity index (χ4v) is 1.78. The molecule has 0 radical (unpaired) electrons. The molecule has 6 heteroatoms. The summed E-state index contributed by atoms with van der Waals surface area (Å²) in [6.45, 7) is 0. The minimum atomic E-state index is -0.585. The van der Waals surface area contributed by atoms with Gasteiger partial charge >= 0.3 is 0 Å². The normalized spacial score (nSPS) is 9.83. The van der Waals surface area contributed by atoms with Crippen LogP contribution in [-0.4, -0.2) is 4.98 Å². The van der Waals surface area contributed by atoms with E-state index in [0.717, 1.165) is 4.47 Å². The molecule has 18 heavy (non-hydrogen) atoms. The molecule has 0 saturated heterocycles. The van der Waals surface area contributed by atoms with Gasteiger partial charge in [-0.3, -0.25) is 0 Å². The van der Waals surface area contributed by atoms with E-state index in [-0.39, 0.29) is 5.56 Å². The zero-order chi connectivity index (χ0) is 13.1. The Morgan fingerprint density at radius 3 is 2.89 bits per heavy atom. The number of benzene rings is 1. The molecular weight excluding hydrogens is 299 g/mol. The SMILES string of the molecule is N#Cc1c(F)cccc1Nc1ncc(Br)cc1N. The van der Waals surface area contributed by atoms with Gasteiger partial charge in [0.25, 0.3) is 0 Å². The van der Waals surface area contributed by atoms with Gasteiger partial charge in [-0.2, -0.15) is 5.26 Å². The van der Waals surface area contributed by atoms with Crippen LogP contribution in [0, 0.1) is 17.1 Å². The molecule has 1 aromatic carbocycles. The highest BCUT2D eigenvalue weighted by molar-refractivity contribution is 9.10. The Kier molecular flexibility index (Phi) is 3.44. The fraction of sp³-hybridized carbons (Fsp3) is 0. The van der Waals surface area contributed by atoms with Gasteiger partial charge in [0, 0.05) is 10.7 Å². The number of hydrogen-bond donors (Lipinski definition) is 2. The van der Waals surface area contributed by atoms with Crippen LogP contribution in [0.15, 0.2) is 34.9 Å². The second kappa shape index (κ2) is 5.02. The van der Waals surface area contributed by atoms with Gasteiger partial charge in [-0.25, -0.2) is 9.37 Å². The molecular formula is C12H8BrFN4. The van der Waals surface area contributed by atoms with Crippen molar-refractivity contribution < 1.29 is 4.39 Å². The molecule has 0 spiro atoms. The van der Waals surface area contributed by atoms with Crippen LogP contribution in [0.4, 0.5) is 21.6 Å². The van der Waals surface area contributed by atoms with E-state index in [4.69, 9.17) is 11.0 Å². The number of nitrogens with two attached hydrogens (primary N) is 1. The van der Waals surface area contributed by atoms with Crippen LogP contribution in [0.5, 0.6) is 0 Å². The molecule has 2 rings (SSSR count). The third-order valence-electron chi connectivity index (χ3n) is 2.26. The van der Waals surface area contributed by atoms with Gasteiger partial charge in [0.05, 0.1) is 11.4 Å². The highest BCUT2D eigenvalue weighted by atomic mass is 79.9. The number of pyridine rings is 1. The molecule has 0 saturated carbocycles. The van der Waals surface area contributed by atoms with E-state index >= 15 is 0 Å². The largest absolute Gasteiger partial charge is 0.396 e. The summed E-state index contributed by atoms with van der Waals surface area (Å²) in [4.78, 5) is 4.06. The van der Waals surface area contributed by atoms with Gasteiger partial charge in [0.2, 0.25) is 0 Å². The van der Waals surface area contributed by atoms with Crippen molar-refractivity contribution >= 4 is 33.1 Å². The van der Waals surface area contributed by atoms with Crippen molar-refractivity contribution in [1.29, 1.82) is 5.26 Å². The lowest BCUT2D eigenvalue weighted by atomic mass is 10.2. The monoisotopic (exact) mass is 306 g/mol. The Balaban J connectivity index is 2.41. The predicted molar refractivity (Wildman–Crippen MR) is 70.7 cm³/mol. The number of anilines is 3. The maximum atomic E-state index is 13.4. The third kappa shape index (κ3) is 2.41. The first-order valence-electron chi connectivity index (χ1n) is 4.98. The first-order chi connectivity index (χ1) is 8.61. The maximum Gasteiger partial charge on any atom is 0.153 e. The van der Waals surface area contributed by atoms with Gasteiger partial charge in [-0.05, 0) is 34.1 Å². The van der Waals surface area contributed by atoms with Crippen LogP contribution < -0.4 is 11.1 Å². The van der Waals surface area contributed by atoms with Crippen molar-refractivity contribution in [3.8, 4) is 6.07 Å². The van der Waals surface area contributed by atoms with Gasteiger partial charge in [0.1, 0.15) is 17.4 Å². The molecule has 1 heterocycles. The highest BCUT2D eigenvalue weighted by Crippen LogP contribution is 2.26. The molecule has 0 atom stereocenters. The minimum Gasteiger partial charge on any atom is -0.396 e. The van der Waals surface area contributed by atoms with Gasteiger partial charge in [0.15, 0.2) is 5.82 Å². The number of nitriles is 1. The number of aromatic nitrogens is 1. The summed E-state index contributed by atoms with van der Waals surface area (Å²) >= 11 is 3.24. The summed E-state index contributed by atoms with van der Waals surface area (Å²) in [6, 6.07) is 7.79. The van der Waals surface area contributed by atoms with Crippen LogP contribution in [0.1, 0.15) is 5.56 Å². The molecule has 0 bridgehead atoms. The first kappa shape index (κ1) is 12.3. The molecule has 3 N–H and O–H groups in total. The lowest BCUT2D eigenvalue weighted by Gasteiger charge is -2.10. The maximum absolute atomic E-state index is 13.4. The van der Waals surface area contributed by atoms with Crippen molar-refractivity contribution in [1.82, 2.24) is 4.98 Å². The number of rotatable bonds is 2. The lowest BCUT2D eigenvalue weighted by molar-refractivity contribution is 0.624. The molecule has 4 nitrogen and oxygen atoms in total. The van der Waals surface area contributed by atoms with E-state index in [2.05, 4.69) is 26.2 Å². The lowest BCUT2D eigenvalue weighted by Crippen LogP contribution is -2.01. The Bertz CT molecular complexity index is 636. The number of halogens is 2. The smallest absolute Gasteiger partial charge is 0.153 e. The van der Waals surface area contributed by atoms with Crippen LogP contribution in [0.3, 0.4) is 0 Å². The van der Waals surface area contributed by atoms with Crippen molar-refractivity contribution in [3.63, 3.8) is 0 Å². The van der Waals surface area contributed by atoms with Crippen LogP contribution in [0.2, 0.25) is 0 Å². The molecule has 0 unspecified atom stereocenters. The second-order valence-electron chi connectivity index (χ2n) is 3.49. The van der Waals surface area contributed by atoms with Crippen LogP contribution >= 0.6 is 15.9 Å². The average Bonchev–Trinajstić information content (AvgIpc) is 2.33. The number of nitrogens with one attached hydrogen (secondary N) is 1. The van der Waals surface area contributed by atoms with E-state index in [9.17, 15) is 4.39 Å². The van der Waals surface area contributed by atoms with Gasteiger partial charge in [-0.1, -0.05) is 6.07 Å². The zero-order valence-electron chi connectivity index (χ0n) is 9.11. The number of nitrogen functional groups attached to an aromatic ring is 1. The van der Waals surface area contributed by atoms with Crippen molar-refractivity contribution in [2.45, 2.75) is 0 Å². The molecule has 0 aliphatic carbocycles.